The molecule has 0 atom stereocenters. The topological polar surface area (TPSA) is 87.7 Å². The Hall–Kier alpha value is -3.59. The third kappa shape index (κ3) is 5.92. The predicted molar refractivity (Wildman–Crippen MR) is 139 cm³/mol. The Morgan fingerprint density at radius 1 is 0.971 bits per heavy atom. The average Bonchev–Trinajstić information content (AvgIpc) is 2.90. The lowest BCUT2D eigenvalue weighted by atomic mass is 10.2. The molecule has 1 aromatic carbocycles. The fourth-order valence-electron chi connectivity index (χ4n) is 3.90. The van der Waals surface area contributed by atoms with Crippen LogP contribution >= 0.6 is 11.8 Å². The number of pyridine rings is 2. The van der Waals surface area contributed by atoms with E-state index in [9.17, 15) is 9.59 Å². The van der Waals surface area contributed by atoms with E-state index in [0.717, 1.165) is 16.6 Å². The molecule has 182 valence electrons. The van der Waals surface area contributed by atoms with Gasteiger partial charge in [0.1, 0.15) is 16.6 Å². The van der Waals surface area contributed by atoms with Crippen LogP contribution in [0.15, 0.2) is 66.0 Å². The number of aromatic nitrogens is 2. The summed E-state index contributed by atoms with van der Waals surface area (Å²) < 4.78 is 5.55. The zero-order valence-electron chi connectivity index (χ0n) is 19.9. The molecule has 0 aliphatic carbocycles. The Morgan fingerprint density at radius 2 is 1.74 bits per heavy atom. The summed E-state index contributed by atoms with van der Waals surface area (Å²) in [5, 5.41) is 3.67. The molecule has 0 spiro atoms. The van der Waals surface area contributed by atoms with Gasteiger partial charge in [0, 0.05) is 32.4 Å². The van der Waals surface area contributed by atoms with Crippen molar-refractivity contribution >= 4 is 35.1 Å². The van der Waals surface area contributed by atoms with Crippen LogP contribution < -0.4 is 15.0 Å². The quantitative estimate of drug-likeness (QED) is 0.473. The number of benzene rings is 1. The van der Waals surface area contributed by atoms with Gasteiger partial charge in [0.15, 0.2) is 0 Å². The molecule has 1 N–H and O–H groups in total. The summed E-state index contributed by atoms with van der Waals surface area (Å²) in [6, 6.07) is 14.5. The molecular weight excluding hydrogens is 462 g/mol. The average molecular weight is 492 g/mol. The second-order valence-corrected chi connectivity index (χ2v) is 9.11. The van der Waals surface area contributed by atoms with Crippen LogP contribution in [0.5, 0.6) is 5.75 Å². The molecule has 8 nitrogen and oxygen atoms in total. The highest BCUT2D eigenvalue weighted by Gasteiger charge is 2.25. The first-order valence-electron chi connectivity index (χ1n) is 11.7. The van der Waals surface area contributed by atoms with Crippen molar-refractivity contribution in [2.75, 3.05) is 48.8 Å². The summed E-state index contributed by atoms with van der Waals surface area (Å²) in [7, 11) is 0. The van der Waals surface area contributed by atoms with Gasteiger partial charge in [0.25, 0.3) is 11.8 Å². The molecule has 0 unspecified atom stereocenters. The Balaban J connectivity index is 1.35. The van der Waals surface area contributed by atoms with Crippen molar-refractivity contribution in [3.05, 3.63) is 72.1 Å². The fourth-order valence-corrected chi connectivity index (χ4v) is 4.62. The number of para-hydroxylation sites is 1. The van der Waals surface area contributed by atoms with Gasteiger partial charge in [-0.15, -0.1) is 11.8 Å². The van der Waals surface area contributed by atoms with E-state index in [2.05, 4.69) is 27.1 Å². The number of hydrogen-bond acceptors (Lipinski definition) is 7. The number of piperazine rings is 1. The van der Waals surface area contributed by atoms with Crippen molar-refractivity contribution in [1.82, 2.24) is 14.9 Å². The zero-order valence-corrected chi connectivity index (χ0v) is 20.8. The smallest absolute Gasteiger partial charge is 0.259 e. The van der Waals surface area contributed by atoms with E-state index in [1.807, 2.05) is 42.2 Å². The minimum atomic E-state index is -0.244. The standard InChI is InChI=1S/C26H29N5O3S/c1-3-34-22-10-6-5-8-20(22)24(32)29-19-11-12-23(28-18-19)30-14-16-31(17-15-30)26(33)21-9-7-13-27-25(21)35-4-2/h5-13,18H,3-4,14-17H2,1-2H3,(H,29,32). The highest BCUT2D eigenvalue weighted by Crippen LogP contribution is 2.23. The molecular formula is C26H29N5O3S. The third-order valence-corrected chi connectivity index (χ3v) is 6.50. The number of carbonyl (C=O) groups excluding carboxylic acids is 2. The van der Waals surface area contributed by atoms with Gasteiger partial charge >= 0.3 is 0 Å². The number of hydrogen-bond donors (Lipinski definition) is 1. The number of thioether (sulfide) groups is 1. The first-order chi connectivity index (χ1) is 17.1. The summed E-state index contributed by atoms with van der Waals surface area (Å²) in [6.45, 7) is 7.01. The lowest BCUT2D eigenvalue weighted by Gasteiger charge is -2.35. The van der Waals surface area contributed by atoms with E-state index >= 15 is 0 Å². The van der Waals surface area contributed by atoms with Gasteiger partial charge in [-0.3, -0.25) is 9.59 Å². The molecule has 3 aromatic rings. The molecule has 2 aromatic heterocycles. The van der Waals surface area contributed by atoms with Gasteiger partial charge in [-0.25, -0.2) is 9.97 Å². The van der Waals surface area contributed by atoms with Gasteiger partial charge in [0.05, 0.1) is 29.6 Å². The monoisotopic (exact) mass is 491 g/mol. The van der Waals surface area contributed by atoms with Crippen LogP contribution in [0.1, 0.15) is 34.6 Å². The molecule has 1 saturated heterocycles. The van der Waals surface area contributed by atoms with Crippen molar-refractivity contribution in [3.8, 4) is 5.75 Å². The summed E-state index contributed by atoms with van der Waals surface area (Å²) in [6.07, 6.45) is 3.38. The summed E-state index contributed by atoms with van der Waals surface area (Å²) in [4.78, 5) is 38.7. The van der Waals surface area contributed by atoms with E-state index in [4.69, 9.17) is 4.74 Å². The number of carbonyl (C=O) groups is 2. The van der Waals surface area contributed by atoms with E-state index in [1.54, 1.807) is 42.4 Å². The van der Waals surface area contributed by atoms with Gasteiger partial charge in [0.2, 0.25) is 0 Å². The molecule has 3 heterocycles. The van der Waals surface area contributed by atoms with Gasteiger partial charge in [-0.05, 0) is 49.1 Å². The van der Waals surface area contributed by atoms with Crippen molar-refractivity contribution in [3.63, 3.8) is 0 Å². The number of rotatable bonds is 8. The molecule has 9 heteroatoms. The van der Waals surface area contributed by atoms with E-state index < -0.39 is 0 Å². The number of ether oxygens (including phenoxy) is 1. The van der Waals surface area contributed by atoms with Crippen LogP contribution in [0.2, 0.25) is 0 Å². The third-order valence-electron chi connectivity index (χ3n) is 5.61. The van der Waals surface area contributed by atoms with Crippen molar-refractivity contribution < 1.29 is 14.3 Å². The Bertz CT molecular complexity index is 1160. The minimum Gasteiger partial charge on any atom is -0.493 e. The SMILES string of the molecule is CCOc1ccccc1C(=O)Nc1ccc(N2CCN(C(=O)c3cccnc3SCC)CC2)nc1. The first-order valence-corrected chi connectivity index (χ1v) is 12.7. The maximum atomic E-state index is 13.1. The molecule has 1 aliphatic heterocycles. The number of amides is 2. The van der Waals surface area contributed by atoms with Gasteiger partial charge < -0.3 is 19.9 Å². The van der Waals surface area contributed by atoms with E-state index in [-0.39, 0.29) is 11.8 Å². The normalized spacial score (nSPS) is 13.4. The predicted octanol–water partition coefficient (Wildman–Crippen LogP) is 4.20. The van der Waals surface area contributed by atoms with Gasteiger partial charge in [-0.1, -0.05) is 19.1 Å². The zero-order chi connectivity index (χ0) is 24.6. The summed E-state index contributed by atoms with van der Waals surface area (Å²) >= 11 is 1.58. The molecule has 0 bridgehead atoms. The van der Waals surface area contributed by atoms with Crippen LogP contribution in [0.4, 0.5) is 11.5 Å². The largest absolute Gasteiger partial charge is 0.493 e. The molecule has 0 saturated carbocycles. The van der Waals surface area contributed by atoms with Crippen molar-refractivity contribution in [1.29, 1.82) is 0 Å². The Labute approximate surface area is 209 Å². The molecule has 4 rings (SSSR count). The van der Waals surface area contributed by atoms with E-state index in [1.165, 1.54) is 0 Å². The Kier molecular flexibility index (Phi) is 8.20. The Morgan fingerprint density at radius 3 is 2.46 bits per heavy atom. The molecule has 1 aliphatic rings. The minimum absolute atomic E-state index is 0.0204. The fraction of sp³-hybridized carbons (Fsp3) is 0.308. The highest BCUT2D eigenvalue weighted by atomic mass is 32.2. The molecule has 0 radical (unpaired) electrons. The highest BCUT2D eigenvalue weighted by molar-refractivity contribution is 7.99. The van der Waals surface area contributed by atoms with Crippen LogP contribution in [0.3, 0.4) is 0 Å². The summed E-state index contributed by atoms with van der Waals surface area (Å²) in [5.41, 5.74) is 1.75. The lowest BCUT2D eigenvalue weighted by Crippen LogP contribution is -2.49. The van der Waals surface area contributed by atoms with Gasteiger partial charge in [-0.2, -0.15) is 0 Å². The second kappa shape index (κ2) is 11.7. The van der Waals surface area contributed by atoms with Crippen molar-refractivity contribution in [2.45, 2.75) is 18.9 Å². The van der Waals surface area contributed by atoms with Crippen LogP contribution in [-0.2, 0) is 0 Å². The van der Waals surface area contributed by atoms with Crippen LogP contribution in [-0.4, -0.2) is 65.2 Å². The maximum Gasteiger partial charge on any atom is 0.259 e. The number of nitrogens with zero attached hydrogens (tertiary/aromatic N) is 4. The molecule has 35 heavy (non-hydrogen) atoms. The van der Waals surface area contributed by atoms with Crippen molar-refractivity contribution in [2.24, 2.45) is 0 Å². The number of nitrogens with one attached hydrogen (secondary N) is 1. The maximum absolute atomic E-state index is 13.1. The van der Waals surface area contributed by atoms with Crippen LogP contribution in [0.25, 0.3) is 0 Å². The molecule has 1 fully saturated rings. The lowest BCUT2D eigenvalue weighted by molar-refractivity contribution is 0.0742. The number of anilines is 2. The van der Waals surface area contributed by atoms with E-state index in [0.29, 0.717) is 55.3 Å². The van der Waals surface area contributed by atoms with Crippen LogP contribution in [0, 0.1) is 0 Å². The summed E-state index contributed by atoms with van der Waals surface area (Å²) in [5.74, 6) is 2.01. The molecule has 2 amide bonds. The first kappa shape index (κ1) is 24.5. The second-order valence-electron chi connectivity index (χ2n) is 7.86.